The Bertz CT molecular complexity index is 3520. The molecule has 1 aliphatic rings. The Morgan fingerprint density at radius 3 is 1.99 bits per heavy atom. The maximum Gasteiger partial charge on any atom is 0.307 e. The molecule has 5 aromatic heterocycles. The fourth-order valence-corrected chi connectivity index (χ4v) is 13.5. The molecule has 352 valence electrons. The molecule has 28 heteroatoms. The summed E-state index contributed by atoms with van der Waals surface area (Å²) in [5.41, 5.74) is 5.44. The summed E-state index contributed by atoms with van der Waals surface area (Å²) in [4.78, 5) is 19.4. The highest BCUT2D eigenvalue weighted by molar-refractivity contribution is 7.98. The van der Waals surface area contributed by atoms with Gasteiger partial charge < -0.3 is 29.9 Å². The maximum atomic E-state index is 12.2. The number of anilines is 7. The summed E-state index contributed by atoms with van der Waals surface area (Å²) in [6.45, 7) is 8.23. The average molecular weight is 1050 g/mol. The first-order valence-electron chi connectivity index (χ1n) is 20.2. The number of nitrogens with one attached hydrogen (secondary N) is 2. The number of fused-ring (bicyclic) bond motifs is 8. The van der Waals surface area contributed by atoms with Gasteiger partial charge in [-0.2, -0.15) is 40.5 Å². The predicted molar refractivity (Wildman–Crippen MR) is 268 cm³/mol. The van der Waals surface area contributed by atoms with Gasteiger partial charge in [-0.15, -0.1) is 20.5 Å². The van der Waals surface area contributed by atoms with E-state index >= 15 is 0 Å². The van der Waals surface area contributed by atoms with Gasteiger partial charge in [0.25, 0.3) is 0 Å². The third-order valence-electron chi connectivity index (χ3n) is 10.3. The molecule has 6 bridgehead atoms. The minimum absolute atomic E-state index is 0.0712. The summed E-state index contributed by atoms with van der Waals surface area (Å²) in [6, 6.07) is 19.4. The fraction of sp³-hybridized carbons (Fsp3) is 0.225. The summed E-state index contributed by atoms with van der Waals surface area (Å²) in [6.07, 6.45) is 0. The second kappa shape index (κ2) is 19.2. The van der Waals surface area contributed by atoms with E-state index in [-0.39, 0.29) is 41.8 Å². The summed E-state index contributed by atoms with van der Waals surface area (Å²) in [5, 5.41) is 26.4. The van der Waals surface area contributed by atoms with Crippen molar-refractivity contribution in [2.24, 2.45) is 20.5 Å². The van der Waals surface area contributed by atoms with E-state index < -0.39 is 20.2 Å². The lowest BCUT2D eigenvalue weighted by atomic mass is 10.1. The molecular formula is C40H37N13O8S7. The smallest absolute Gasteiger partial charge is 0.307 e. The summed E-state index contributed by atoms with van der Waals surface area (Å²) < 4.78 is 87.0. The van der Waals surface area contributed by atoms with Crippen molar-refractivity contribution < 1.29 is 35.4 Å². The monoisotopic (exact) mass is 1050 g/mol. The molecule has 0 unspecified atom stereocenters. The highest BCUT2D eigenvalue weighted by Gasteiger charge is 2.29. The molecule has 0 fully saturated rings. The van der Waals surface area contributed by atoms with Crippen LogP contribution in [0.25, 0.3) is 20.4 Å². The lowest BCUT2D eigenvalue weighted by Crippen LogP contribution is -2.21. The largest absolute Gasteiger partial charge is 0.494 e. The van der Waals surface area contributed by atoms with Crippen LogP contribution in [0.15, 0.2) is 94.7 Å². The van der Waals surface area contributed by atoms with Crippen molar-refractivity contribution >= 4 is 160 Å². The molecule has 0 spiro atoms. The second-order valence-electron chi connectivity index (χ2n) is 14.3. The van der Waals surface area contributed by atoms with Crippen LogP contribution in [0.3, 0.4) is 0 Å². The van der Waals surface area contributed by atoms with Gasteiger partial charge in [0.2, 0.25) is 11.9 Å². The van der Waals surface area contributed by atoms with E-state index in [4.69, 9.17) is 24.4 Å². The Morgan fingerprint density at radius 1 is 0.765 bits per heavy atom. The molecule has 0 saturated carbocycles. The zero-order chi connectivity index (χ0) is 47.9. The van der Waals surface area contributed by atoms with Crippen LogP contribution in [0.2, 0.25) is 0 Å². The van der Waals surface area contributed by atoms with Crippen LogP contribution in [-0.2, 0) is 26.0 Å². The van der Waals surface area contributed by atoms with Crippen LogP contribution < -0.4 is 29.9 Å². The highest BCUT2D eigenvalue weighted by Crippen LogP contribution is 2.49. The maximum absolute atomic E-state index is 12.2. The number of thiophene rings is 2. The first-order valence-corrected chi connectivity index (χ1v) is 27.3. The SMILES string of the molecule is CCN(CC)c1ccc(N=Nc2snc3sc(S(=O)(=O)O)c(OC)c23)c(Nc2nc3nc(n2)SCc2cccc(c2)N(CC)c2ccc(N=Nc4snc5sc(S(=O)(=O)O)c(OC)c45)c(c2)N3)c1. The fourth-order valence-electron chi connectivity index (χ4n) is 7.21. The van der Waals surface area contributed by atoms with Crippen LogP contribution in [-0.4, -0.2) is 83.5 Å². The summed E-state index contributed by atoms with van der Waals surface area (Å²) >= 11 is 4.95. The molecule has 68 heavy (non-hydrogen) atoms. The molecular weight excluding hydrogens is 1010 g/mol. The normalized spacial score (nSPS) is 13.2. The van der Waals surface area contributed by atoms with Crippen molar-refractivity contribution in [1.29, 1.82) is 0 Å². The number of rotatable bonds is 14. The third kappa shape index (κ3) is 9.41. The predicted octanol–water partition coefficient (Wildman–Crippen LogP) is 11.7. The Balaban J connectivity index is 1.13. The van der Waals surface area contributed by atoms with Crippen molar-refractivity contribution in [3.05, 3.63) is 66.2 Å². The number of azo groups is 2. The van der Waals surface area contributed by atoms with Gasteiger partial charge in [-0.05, 0) is 97.9 Å². The lowest BCUT2D eigenvalue weighted by Gasteiger charge is -2.25. The number of hydrogen-bond acceptors (Lipinski definition) is 24. The molecule has 0 aliphatic carbocycles. The van der Waals surface area contributed by atoms with Gasteiger partial charge in [-0.3, -0.25) is 9.11 Å². The molecule has 0 radical (unpaired) electrons. The molecule has 8 aromatic rings. The highest BCUT2D eigenvalue weighted by atomic mass is 32.3. The molecule has 3 aromatic carbocycles. The van der Waals surface area contributed by atoms with Crippen LogP contribution in [0.1, 0.15) is 26.3 Å². The minimum Gasteiger partial charge on any atom is -0.494 e. The first kappa shape index (κ1) is 47.1. The van der Waals surface area contributed by atoms with Crippen LogP contribution in [0.4, 0.5) is 61.7 Å². The van der Waals surface area contributed by atoms with Crippen molar-refractivity contribution in [3.63, 3.8) is 0 Å². The molecule has 0 amide bonds. The van der Waals surface area contributed by atoms with Gasteiger partial charge in [-0.25, -0.2) is 0 Å². The molecule has 4 N–H and O–H groups in total. The van der Waals surface area contributed by atoms with Gasteiger partial charge in [-0.1, -0.05) is 46.6 Å². The van der Waals surface area contributed by atoms with Crippen LogP contribution >= 0.6 is 57.5 Å². The molecule has 1 aliphatic heterocycles. The average Bonchev–Trinajstić information content (AvgIpc) is 4.09. The van der Waals surface area contributed by atoms with Crippen LogP contribution in [0.5, 0.6) is 11.5 Å². The molecule has 6 heterocycles. The number of nitrogens with zero attached hydrogens (tertiary/aromatic N) is 11. The van der Waals surface area contributed by atoms with E-state index in [1.54, 1.807) is 12.1 Å². The van der Waals surface area contributed by atoms with Crippen molar-refractivity contribution in [2.45, 2.75) is 40.1 Å². The van der Waals surface area contributed by atoms with Crippen LogP contribution in [0, 0.1) is 0 Å². The Morgan fingerprint density at radius 2 is 1.38 bits per heavy atom. The van der Waals surface area contributed by atoms with Gasteiger partial charge in [0.15, 0.2) is 35.1 Å². The van der Waals surface area contributed by atoms with Crippen molar-refractivity contribution in [1.82, 2.24) is 23.7 Å². The quantitative estimate of drug-likeness (QED) is 0.0582. The molecule has 21 nitrogen and oxygen atoms in total. The van der Waals surface area contributed by atoms with E-state index in [1.807, 2.05) is 56.3 Å². The van der Waals surface area contributed by atoms with Crippen molar-refractivity contribution in [2.75, 3.05) is 54.3 Å². The third-order valence-corrected chi connectivity index (χ3v) is 17.7. The lowest BCUT2D eigenvalue weighted by molar-refractivity contribution is 0.406. The van der Waals surface area contributed by atoms with Gasteiger partial charge in [0.1, 0.15) is 21.0 Å². The number of hydrogen-bond donors (Lipinski definition) is 4. The second-order valence-corrected chi connectivity index (χ2v) is 22.0. The number of aromatic nitrogens is 5. The zero-order valence-electron chi connectivity index (χ0n) is 36.2. The van der Waals surface area contributed by atoms with E-state index in [0.717, 1.165) is 81.5 Å². The standard InChI is InChI=1S/C40H37N13O8S7/c1-6-52(7-2)21-12-14-24(46-48-32-28-30(60-4)36(67(54,55)56)63-34(28)50-65-32)26(17-21)41-38-43-39-42-27-18-23(53(8-3)22-11-9-10-20(16-22)19-62-40(44-38)45-39)13-15-25(27)47-49-33-29-31(61-5)37(68(57,58)59)64-35(29)51-66-33/h9-18H,6-8,19H2,1-5H3,(H,54,55,56)(H,57,58,59)(H2,41,42,43,44,45). The first-order chi connectivity index (χ1) is 32.7. The van der Waals surface area contributed by atoms with Gasteiger partial charge in [0.05, 0.1) is 36.4 Å². The summed E-state index contributed by atoms with van der Waals surface area (Å²) in [7, 11) is -6.60. The molecule has 0 atom stereocenters. The van der Waals surface area contributed by atoms with E-state index in [2.05, 4.69) is 62.6 Å². The number of methoxy groups -OCH3 is 2. The zero-order valence-corrected chi connectivity index (χ0v) is 41.9. The molecule has 9 rings (SSSR count). The van der Waals surface area contributed by atoms with Crippen molar-refractivity contribution in [3.8, 4) is 11.5 Å². The summed E-state index contributed by atoms with van der Waals surface area (Å²) in [5.74, 6) is 0.721. The minimum atomic E-state index is -4.60. The Hall–Kier alpha value is -5.98. The Labute approximate surface area is 408 Å². The van der Waals surface area contributed by atoms with E-state index in [1.165, 1.54) is 26.0 Å². The molecule has 0 saturated heterocycles. The topological polar surface area (TPSA) is 272 Å². The number of benzene rings is 3. The van der Waals surface area contributed by atoms with E-state index in [0.29, 0.717) is 60.6 Å². The number of ether oxygens (including phenoxy) is 2. The Kier molecular flexibility index (Phi) is 13.3. The van der Waals surface area contributed by atoms with E-state index in [9.17, 15) is 25.9 Å². The van der Waals surface area contributed by atoms with Gasteiger partial charge in [0, 0.05) is 42.4 Å². The van der Waals surface area contributed by atoms with Gasteiger partial charge >= 0.3 is 20.2 Å². The number of thioether (sulfide) groups is 1.